The molecule has 0 saturated heterocycles. The van der Waals surface area contributed by atoms with E-state index >= 15 is 0 Å². The van der Waals surface area contributed by atoms with E-state index in [0.717, 1.165) is 109 Å². The first-order chi connectivity index (χ1) is 55.0. The Labute approximate surface area is 663 Å². The van der Waals surface area contributed by atoms with E-state index in [4.69, 9.17) is 0 Å². The Kier molecular flexibility index (Phi) is 27.9. The largest absolute Gasteiger partial charge is 0.505 e. The second kappa shape index (κ2) is 38.8. The SMILES string of the molecule is CNCCCNC(=O)c1cc2ccccc2c(N=Nc2ccc(CCc3ccc(N=Nc4c(O)c(C(=O)NCCCNC)cc5ccccc45)cc3)cc2)c1O.C[N+](C)(C)CCNC(=O)c1cc2ccccc2c(N=Nc2ccc(CCc3ccc(N=Nc4c(O)c(C(=O)NCC[N+](C)(C)C)cc5ccccc45)cc3)cc2)c1O. The van der Waals surface area contributed by atoms with Crippen LogP contribution in [0.5, 0.6) is 23.0 Å². The number of nitrogens with one attached hydrogen (secondary N) is 6. The van der Waals surface area contributed by atoms with Gasteiger partial charge in [0.2, 0.25) is 0 Å². The molecule has 0 radical (unpaired) electrons. The van der Waals surface area contributed by atoms with Crippen molar-refractivity contribution in [1.29, 1.82) is 0 Å². The van der Waals surface area contributed by atoms with E-state index in [2.05, 4.69) is 115 Å². The first-order valence-corrected chi connectivity index (χ1v) is 38.1. The number of carbonyl (C=O) groups excluding carboxylic acids is 4. The third-order valence-electron chi connectivity index (χ3n) is 19.1. The van der Waals surface area contributed by atoms with E-state index in [9.17, 15) is 39.6 Å². The van der Waals surface area contributed by atoms with Gasteiger partial charge in [0.15, 0.2) is 23.0 Å². The molecule has 0 aromatic heterocycles. The van der Waals surface area contributed by atoms with E-state index in [1.165, 1.54) is 0 Å². The van der Waals surface area contributed by atoms with Crippen LogP contribution in [0.2, 0.25) is 0 Å². The van der Waals surface area contributed by atoms with Crippen LogP contribution in [0.1, 0.15) is 76.5 Å². The molecule has 0 unspecified atom stereocenters. The number of amides is 4. The van der Waals surface area contributed by atoms with Crippen LogP contribution in [0.4, 0.5) is 45.5 Å². The normalized spacial score (nSPS) is 11.9. The maximum Gasteiger partial charge on any atom is 0.255 e. The average Bonchev–Trinajstić information content (AvgIpc) is 0.799. The zero-order chi connectivity index (χ0) is 80.7. The standard InChI is InChI=1S/C46H50N8O4.C44H46N8O4/c1-53(2,3)27-25-47-45(57)39-29-33-11-7-9-13-37(33)41(43(39)55)51-49-35-21-17-31(18-22-35)15-16-32-19-23-36(24-20-32)50-52-42-38-14-10-8-12-34(38)30-40(44(42)56)46(58)48-26-28-54(4,5)6;1-45-23-7-25-47-43(55)37-27-31-9-3-5-11-35(31)39(41(37)53)51-49-33-19-15-29(16-20-33)13-14-30-17-21-34(22-18-30)50-52-40-36-12-6-4-10-32(36)28-38(42(40)54)44(56)48-26-8-24-46-2/h7-14,17-24,29-30H,15-16,25-28H2,1-6H3,(H2-2,47,48,49,50,55,56,57,58);3-6,9-12,15-22,27-28,45-46,53-54H,7-8,13-14,23-26H2,1-2H3,(H,47,55)(H,48,56)/p+2. The third-order valence-corrected chi connectivity index (χ3v) is 19.1. The van der Waals surface area contributed by atoms with Crippen LogP contribution in [0.15, 0.2) is 259 Å². The number of fused-ring (bicyclic) bond motifs is 4. The maximum atomic E-state index is 13.1. The second-order valence-corrected chi connectivity index (χ2v) is 29.8. The first-order valence-electron chi connectivity index (χ1n) is 38.1. The number of aromatic hydroxyl groups is 4. The van der Waals surface area contributed by atoms with Crippen LogP contribution < -0.4 is 31.9 Å². The van der Waals surface area contributed by atoms with Crippen LogP contribution in [0, 0.1) is 0 Å². The average molecular weight is 1530 g/mol. The lowest BCUT2D eigenvalue weighted by Gasteiger charge is -2.23. The van der Waals surface area contributed by atoms with Crippen molar-refractivity contribution in [3.63, 3.8) is 0 Å². The molecule has 4 amide bonds. The molecule has 584 valence electrons. The summed E-state index contributed by atoms with van der Waals surface area (Å²) in [5.41, 5.74) is 8.54. The van der Waals surface area contributed by atoms with Crippen molar-refractivity contribution in [2.45, 2.75) is 38.5 Å². The molecule has 12 aromatic rings. The van der Waals surface area contributed by atoms with Gasteiger partial charge in [0.05, 0.1) is 113 Å². The van der Waals surface area contributed by atoms with Crippen molar-refractivity contribution in [2.75, 3.05) is 109 Å². The van der Waals surface area contributed by atoms with Gasteiger partial charge in [-0.3, -0.25) is 19.2 Å². The van der Waals surface area contributed by atoms with Gasteiger partial charge in [0, 0.05) is 34.6 Å². The zero-order valence-electron chi connectivity index (χ0n) is 65.6. The Morgan fingerprint density at radius 2 is 0.509 bits per heavy atom. The van der Waals surface area contributed by atoms with E-state index in [0.29, 0.717) is 79.4 Å². The predicted molar refractivity (Wildman–Crippen MR) is 452 cm³/mol. The first kappa shape index (κ1) is 82.0. The topological polar surface area (TPSA) is 320 Å². The summed E-state index contributed by atoms with van der Waals surface area (Å²) in [5, 5.41) is 103. The molecule has 12 rings (SSSR count). The lowest BCUT2D eigenvalue weighted by atomic mass is 10.0. The summed E-state index contributed by atoms with van der Waals surface area (Å²) in [7, 11) is 16.0. The Morgan fingerprint density at radius 3 is 0.728 bits per heavy atom. The summed E-state index contributed by atoms with van der Waals surface area (Å²) in [6.07, 6.45) is 4.69. The van der Waals surface area contributed by atoms with Crippen molar-refractivity contribution in [3.05, 3.63) is 263 Å². The molecule has 24 heteroatoms. The fourth-order valence-electron chi connectivity index (χ4n) is 12.6. The van der Waals surface area contributed by atoms with Gasteiger partial charge >= 0.3 is 0 Å². The smallest absolute Gasteiger partial charge is 0.255 e. The summed E-state index contributed by atoms with van der Waals surface area (Å²) in [6, 6.07) is 67.6. The Morgan fingerprint density at radius 1 is 0.289 bits per heavy atom. The highest BCUT2D eigenvalue weighted by Crippen LogP contribution is 2.44. The number of rotatable bonds is 32. The molecule has 0 spiro atoms. The van der Waals surface area contributed by atoms with Gasteiger partial charge in [0.1, 0.15) is 22.7 Å². The van der Waals surface area contributed by atoms with E-state index < -0.39 is 0 Å². The number of likely N-dealkylation sites (N-methyl/N-ethyl adjacent to an activating group) is 2. The lowest BCUT2D eigenvalue weighted by molar-refractivity contribution is -0.869. The van der Waals surface area contributed by atoms with Gasteiger partial charge in [-0.1, -0.05) is 146 Å². The number of phenolic OH excluding ortho intramolecular Hbond substituents is 4. The number of quaternary nitrogens is 2. The summed E-state index contributed by atoms with van der Waals surface area (Å²) in [4.78, 5) is 52.0. The van der Waals surface area contributed by atoms with Crippen molar-refractivity contribution in [2.24, 2.45) is 40.9 Å². The van der Waals surface area contributed by atoms with Crippen molar-refractivity contribution in [1.82, 2.24) is 31.9 Å². The quantitative estimate of drug-likeness (QED) is 0.0108. The third kappa shape index (κ3) is 22.2. The molecule has 0 atom stereocenters. The molecule has 114 heavy (non-hydrogen) atoms. The minimum Gasteiger partial charge on any atom is -0.505 e. The second-order valence-electron chi connectivity index (χ2n) is 29.8. The molecule has 24 nitrogen and oxygen atoms in total. The van der Waals surface area contributed by atoms with Gasteiger partial charge in [0.25, 0.3) is 23.6 Å². The Bertz CT molecular complexity index is 5180. The fourth-order valence-corrected chi connectivity index (χ4v) is 12.6. The molecule has 0 aliphatic carbocycles. The number of azo groups is 4. The number of phenols is 4. The van der Waals surface area contributed by atoms with Gasteiger partial charge < -0.3 is 61.3 Å². The van der Waals surface area contributed by atoms with Gasteiger partial charge in [-0.05, 0) is 182 Å². The molecule has 0 aliphatic heterocycles. The molecular weight excluding hydrogens is 1430 g/mol. The highest BCUT2D eigenvalue weighted by Gasteiger charge is 2.24. The Balaban J connectivity index is 0.000000225. The minimum absolute atomic E-state index is 0.156. The molecule has 0 bridgehead atoms. The molecule has 12 aromatic carbocycles. The van der Waals surface area contributed by atoms with Crippen LogP contribution in [-0.2, 0) is 25.7 Å². The monoisotopic (exact) mass is 1530 g/mol. The molecule has 10 N–H and O–H groups in total. The summed E-state index contributed by atoms with van der Waals surface area (Å²) < 4.78 is 1.40. The maximum absolute atomic E-state index is 13.1. The van der Waals surface area contributed by atoms with Crippen LogP contribution in [0.3, 0.4) is 0 Å². The van der Waals surface area contributed by atoms with Gasteiger partial charge in [-0.2, -0.15) is 20.5 Å². The van der Waals surface area contributed by atoms with E-state index in [1.807, 2.05) is 208 Å². The van der Waals surface area contributed by atoms with Crippen molar-refractivity contribution in [3.8, 4) is 23.0 Å². The number of nitrogens with zero attached hydrogens (tertiary/aromatic N) is 10. The minimum atomic E-state index is -0.363. The number of hydrogen-bond donors (Lipinski definition) is 10. The number of hydrogen-bond acceptors (Lipinski definition) is 18. The van der Waals surface area contributed by atoms with E-state index in [1.54, 1.807) is 24.3 Å². The summed E-state index contributed by atoms with van der Waals surface area (Å²) >= 11 is 0. The zero-order valence-corrected chi connectivity index (χ0v) is 65.6. The van der Waals surface area contributed by atoms with Crippen molar-refractivity contribution < 1.29 is 48.6 Å². The molecule has 0 fully saturated rings. The number of benzene rings is 12. The molecule has 0 heterocycles. The molecular formula is C90H98N16O8+2. The van der Waals surface area contributed by atoms with Crippen LogP contribution in [-0.4, -0.2) is 162 Å². The van der Waals surface area contributed by atoms with Gasteiger partial charge in [-0.25, -0.2) is 0 Å². The number of carbonyl (C=O) groups is 4. The molecule has 0 aliphatic rings. The number of aryl methyl sites for hydroxylation is 4. The predicted octanol–water partition coefficient (Wildman–Crippen LogP) is 17.6. The highest BCUT2D eigenvalue weighted by molar-refractivity contribution is 6.10. The summed E-state index contributed by atoms with van der Waals surface area (Å²) in [5.74, 6) is -2.28. The Hall–Kier alpha value is -13.0. The molecule has 0 saturated carbocycles. The van der Waals surface area contributed by atoms with E-state index in [-0.39, 0.29) is 91.6 Å². The highest BCUT2D eigenvalue weighted by atomic mass is 16.3. The van der Waals surface area contributed by atoms with Crippen LogP contribution >= 0.6 is 0 Å². The summed E-state index contributed by atoms with van der Waals surface area (Å²) in [6.45, 7) is 4.92. The fraction of sp³-hybridized carbons (Fsp3) is 0.244. The van der Waals surface area contributed by atoms with Gasteiger partial charge in [-0.15, -0.1) is 20.5 Å². The lowest BCUT2D eigenvalue weighted by Crippen LogP contribution is -2.41. The van der Waals surface area contributed by atoms with Crippen molar-refractivity contribution >= 4 is 112 Å². The van der Waals surface area contributed by atoms with Crippen LogP contribution in [0.25, 0.3) is 43.1 Å².